The molecule has 1 unspecified atom stereocenters. The zero-order valence-electron chi connectivity index (χ0n) is 12.5. The van der Waals surface area contributed by atoms with Gasteiger partial charge in [0.15, 0.2) is 0 Å². The molecule has 21 heavy (non-hydrogen) atoms. The van der Waals surface area contributed by atoms with Crippen LogP contribution in [0.5, 0.6) is 0 Å². The molecule has 6 heteroatoms. The summed E-state index contributed by atoms with van der Waals surface area (Å²) in [6.07, 6.45) is 4.36. The van der Waals surface area contributed by atoms with Crippen molar-refractivity contribution in [1.82, 2.24) is 0 Å². The number of nitrogens with one attached hydrogen (secondary N) is 1. The number of ether oxygens (including phenoxy) is 1. The van der Waals surface area contributed by atoms with Gasteiger partial charge >= 0.3 is 5.97 Å². The van der Waals surface area contributed by atoms with Gasteiger partial charge in [0.25, 0.3) is 0 Å². The van der Waals surface area contributed by atoms with Gasteiger partial charge in [0.05, 0.1) is 18.2 Å². The largest absolute Gasteiger partial charge is 0.462 e. The Morgan fingerprint density at radius 1 is 1.38 bits per heavy atom. The van der Waals surface area contributed by atoms with Gasteiger partial charge < -0.3 is 15.8 Å². The lowest BCUT2D eigenvalue weighted by atomic mass is 10.1. The first-order valence-electron chi connectivity index (χ1n) is 7.46. The highest BCUT2D eigenvalue weighted by Gasteiger charge is 2.28. The molecule has 2 rings (SSSR count). The minimum Gasteiger partial charge on any atom is -0.462 e. The van der Waals surface area contributed by atoms with Crippen LogP contribution in [0.2, 0.25) is 0 Å². The number of fused-ring (bicyclic) bond motifs is 1. The van der Waals surface area contributed by atoms with E-state index >= 15 is 0 Å². The van der Waals surface area contributed by atoms with Crippen molar-refractivity contribution in [1.29, 1.82) is 0 Å². The first-order chi connectivity index (χ1) is 10.1. The summed E-state index contributed by atoms with van der Waals surface area (Å²) in [6.45, 7) is 4.09. The van der Waals surface area contributed by atoms with Crippen LogP contribution in [0.1, 0.15) is 53.9 Å². The molecule has 0 spiro atoms. The van der Waals surface area contributed by atoms with Crippen molar-refractivity contribution in [2.24, 2.45) is 5.73 Å². The number of carbonyl (C=O) groups excluding carboxylic acids is 2. The summed E-state index contributed by atoms with van der Waals surface area (Å²) in [5, 5.41) is 3.41. The highest BCUT2D eigenvalue weighted by atomic mass is 32.1. The molecule has 0 saturated carbocycles. The van der Waals surface area contributed by atoms with Crippen molar-refractivity contribution >= 4 is 28.2 Å². The second-order valence-electron chi connectivity index (χ2n) is 5.17. The highest BCUT2D eigenvalue weighted by Crippen LogP contribution is 2.39. The number of nitrogens with two attached hydrogens (primary N) is 1. The minimum absolute atomic E-state index is 0.234. The van der Waals surface area contributed by atoms with E-state index in [9.17, 15) is 9.59 Å². The van der Waals surface area contributed by atoms with Gasteiger partial charge in [-0.2, -0.15) is 0 Å². The molecule has 1 amide bonds. The summed E-state index contributed by atoms with van der Waals surface area (Å²) in [7, 11) is 0. The summed E-state index contributed by atoms with van der Waals surface area (Å²) in [6, 6.07) is -0.540. The Hall–Kier alpha value is -1.40. The number of hydrogen-bond donors (Lipinski definition) is 2. The third kappa shape index (κ3) is 3.44. The van der Waals surface area contributed by atoms with E-state index in [-0.39, 0.29) is 11.9 Å². The minimum atomic E-state index is -0.540. The number of aryl methyl sites for hydroxylation is 1. The molecule has 0 fully saturated rings. The zero-order valence-corrected chi connectivity index (χ0v) is 13.3. The van der Waals surface area contributed by atoms with Gasteiger partial charge in [0.2, 0.25) is 5.91 Å². The highest BCUT2D eigenvalue weighted by molar-refractivity contribution is 7.17. The molecule has 3 N–H and O–H groups in total. The lowest BCUT2D eigenvalue weighted by Crippen LogP contribution is -2.35. The third-order valence-corrected chi connectivity index (χ3v) is 4.78. The van der Waals surface area contributed by atoms with Gasteiger partial charge in [-0.05, 0) is 38.2 Å². The van der Waals surface area contributed by atoms with E-state index in [4.69, 9.17) is 10.5 Å². The molecule has 1 aromatic heterocycles. The van der Waals surface area contributed by atoms with E-state index in [2.05, 4.69) is 5.32 Å². The van der Waals surface area contributed by atoms with Crippen LogP contribution < -0.4 is 11.1 Å². The average Bonchev–Trinajstić information content (AvgIpc) is 2.99. The van der Waals surface area contributed by atoms with Crippen LogP contribution in [0.4, 0.5) is 5.00 Å². The number of esters is 1. The monoisotopic (exact) mass is 310 g/mol. The Morgan fingerprint density at radius 2 is 2.14 bits per heavy atom. The van der Waals surface area contributed by atoms with Crippen molar-refractivity contribution in [2.45, 2.75) is 52.0 Å². The van der Waals surface area contributed by atoms with Gasteiger partial charge in [-0.25, -0.2) is 4.79 Å². The van der Waals surface area contributed by atoms with E-state index in [1.807, 2.05) is 6.92 Å². The Balaban J connectivity index is 2.23. The molecular weight excluding hydrogens is 288 g/mol. The predicted octanol–water partition coefficient (Wildman–Crippen LogP) is 2.48. The zero-order chi connectivity index (χ0) is 15.4. The van der Waals surface area contributed by atoms with Crippen LogP contribution in [-0.2, 0) is 22.4 Å². The molecule has 0 aromatic carbocycles. The van der Waals surface area contributed by atoms with Gasteiger partial charge in [0, 0.05) is 4.88 Å². The summed E-state index contributed by atoms with van der Waals surface area (Å²) in [5.74, 6) is -0.585. The van der Waals surface area contributed by atoms with Gasteiger partial charge in [0.1, 0.15) is 5.00 Å². The molecule has 116 valence electrons. The molecule has 0 aliphatic heterocycles. The molecule has 1 atom stereocenters. The number of hydrogen-bond acceptors (Lipinski definition) is 5. The molecular formula is C15H22N2O3S. The normalized spacial score (nSPS) is 14.6. The standard InChI is InChI=1S/C15H22N2O3S/c1-3-6-10(16)13(18)17-14-12(15(19)20-4-2)9-7-5-8-11(9)21-14/h10H,3-8,16H2,1-2H3,(H,17,18). The number of thiophene rings is 1. The molecule has 1 heterocycles. The fourth-order valence-corrected chi connectivity index (χ4v) is 3.84. The smallest absolute Gasteiger partial charge is 0.341 e. The van der Waals surface area contributed by atoms with Crippen LogP contribution in [0.3, 0.4) is 0 Å². The van der Waals surface area contributed by atoms with Crippen LogP contribution in [0.15, 0.2) is 0 Å². The molecule has 1 aromatic rings. The second kappa shape index (κ2) is 7.04. The van der Waals surface area contributed by atoms with Crippen LogP contribution in [0.25, 0.3) is 0 Å². The van der Waals surface area contributed by atoms with Crippen molar-refractivity contribution in [3.05, 3.63) is 16.0 Å². The SMILES string of the molecule is CCCC(N)C(=O)Nc1sc2c(c1C(=O)OCC)CCC2. The fraction of sp³-hybridized carbons (Fsp3) is 0.600. The molecule has 1 aliphatic rings. The summed E-state index contributed by atoms with van der Waals surface area (Å²) in [5.41, 5.74) is 7.40. The predicted molar refractivity (Wildman–Crippen MR) is 83.8 cm³/mol. The quantitative estimate of drug-likeness (QED) is 0.791. The molecule has 1 aliphatic carbocycles. The average molecular weight is 310 g/mol. The molecule has 0 radical (unpaired) electrons. The molecule has 5 nitrogen and oxygen atoms in total. The van der Waals surface area contributed by atoms with Crippen LogP contribution >= 0.6 is 11.3 Å². The van der Waals surface area contributed by atoms with E-state index in [1.165, 1.54) is 16.2 Å². The summed E-state index contributed by atoms with van der Waals surface area (Å²) < 4.78 is 5.13. The van der Waals surface area contributed by atoms with Gasteiger partial charge in [-0.15, -0.1) is 11.3 Å². The van der Waals surface area contributed by atoms with Gasteiger partial charge in [-0.1, -0.05) is 13.3 Å². The first kappa shape index (κ1) is 16.0. The summed E-state index contributed by atoms with van der Waals surface area (Å²) in [4.78, 5) is 25.4. The maximum Gasteiger partial charge on any atom is 0.341 e. The van der Waals surface area contributed by atoms with E-state index < -0.39 is 6.04 Å². The van der Waals surface area contributed by atoms with E-state index in [0.29, 0.717) is 23.6 Å². The number of anilines is 1. The van der Waals surface area contributed by atoms with Gasteiger partial charge in [-0.3, -0.25) is 4.79 Å². The van der Waals surface area contributed by atoms with Crippen molar-refractivity contribution in [3.8, 4) is 0 Å². The number of amides is 1. The third-order valence-electron chi connectivity index (χ3n) is 3.57. The first-order valence-corrected chi connectivity index (χ1v) is 8.28. The van der Waals surface area contributed by atoms with Crippen molar-refractivity contribution in [3.63, 3.8) is 0 Å². The number of carbonyl (C=O) groups is 2. The van der Waals surface area contributed by atoms with E-state index in [0.717, 1.165) is 31.2 Å². The molecule has 0 saturated heterocycles. The Morgan fingerprint density at radius 3 is 2.81 bits per heavy atom. The molecule has 0 bridgehead atoms. The lowest BCUT2D eigenvalue weighted by Gasteiger charge is -2.12. The van der Waals surface area contributed by atoms with Crippen molar-refractivity contribution in [2.75, 3.05) is 11.9 Å². The van der Waals surface area contributed by atoms with Crippen molar-refractivity contribution < 1.29 is 14.3 Å². The second-order valence-corrected chi connectivity index (χ2v) is 6.27. The number of rotatable bonds is 6. The Kier molecular flexibility index (Phi) is 5.36. The van der Waals surface area contributed by atoms with E-state index in [1.54, 1.807) is 6.92 Å². The lowest BCUT2D eigenvalue weighted by molar-refractivity contribution is -0.117. The van der Waals surface area contributed by atoms with Crippen LogP contribution in [-0.4, -0.2) is 24.5 Å². The topological polar surface area (TPSA) is 81.4 Å². The Bertz CT molecular complexity index is 539. The maximum atomic E-state index is 12.2. The maximum absolute atomic E-state index is 12.2. The summed E-state index contributed by atoms with van der Waals surface area (Å²) >= 11 is 1.48. The fourth-order valence-electron chi connectivity index (χ4n) is 2.56. The Labute approximate surface area is 128 Å². The van der Waals surface area contributed by atoms with Crippen LogP contribution in [0, 0.1) is 0 Å².